The summed E-state index contributed by atoms with van der Waals surface area (Å²) in [5.41, 5.74) is 6.23. The fourth-order valence-corrected chi connectivity index (χ4v) is 3.32. The quantitative estimate of drug-likeness (QED) is 0.712. The van der Waals surface area contributed by atoms with Crippen LogP contribution in [0.2, 0.25) is 0 Å². The van der Waals surface area contributed by atoms with Gasteiger partial charge in [0.1, 0.15) is 0 Å². The number of hydrogen-bond acceptors (Lipinski definition) is 1. The lowest BCUT2D eigenvalue weighted by Crippen LogP contribution is -2.02. The Morgan fingerprint density at radius 3 is 2.26 bits per heavy atom. The summed E-state index contributed by atoms with van der Waals surface area (Å²) in [6.45, 7) is 7.16. The lowest BCUT2D eigenvalue weighted by Gasteiger charge is -2.13. The molecular weight excluding hydrogens is 366 g/mol. The van der Waals surface area contributed by atoms with E-state index in [4.69, 9.17) is 0 Å². The van der Waals surface area contributed by atoms with Crippen LogP contribution in [0, 0.1) is 20.8 Å². The van der Waals surface area contributed by atoms with Crippen molar-refractivity contribution in [2.75, 3.05) is 5.32 Å². The zero-order chi connectivity index (χ0) is 14.0. The third kappa shape index (κ3) is 3.61. The molecular formula is C16H17Br2N. The molecule has 2 aromatic carbocycles. The topological polar surface area (TPSA) is 12.0 Å². The Balaban J connectivity index is 2.16. The monoisotopic (exact) mass is 381 g/mol. The lowest BCUT2D eigenvalue weighted by atomic mass is 10.1. The number of nitrogens with one attached hydrogen (secondary N) is 1. The van der Waals surface area contributed by atoms with E-state index in [0.29, 0.717) is 0 Å². The summed E-state index contributed by atoms with van der Waals surface area (Å²) in [6, 6.07) is 10.8. The summed E-state index contributed by atoms with van der Waals surface area (Å²) in [4.78, 5) is 0. The third-order valence-electron chi connectivity index (χ3n) is 3.14. The van der Waals surface area contributed by atoms with E-state index in [0.717, 1.165) is 15.5 Å². The van der Waals surface area contributed by atoms with Gasteiger partial charge in [0, 0.05) is 15.5 Å². The van der Waals surface area contributed by atoms with Gasteiger partial charge in [-0.05, 0) is 71.1 Å². The second-order valence-electron chi connectivity index (χ2n) is 4.88. The predicted molar refractivity (Wildman–Crippen MR) is 89.8 cm³/mol. The van der Waals surface area contributed by atoms with Gasteiger partial charge in [0.05, 0.1) is 5.69 Å². The van der Waals surface area contributed by atoms with Crippen molar-refractivity contribution in [2.24, 2.45) is 0 Å². The van der Waals surface area contributed by atoms with Gasteiger partial charge in [0.2, 0.25) is 0 Å². The van der Waals surface area contributed by atoms with Gasteiger partial charge in [0.25, 0.3) is 0 Å². The van der Waals surface area contributed by atoms with E-state index >= 15 is 0 Å². The maximum absolute atomic E-state index is 3.63. The van der Waals surface area contributed by atoms with Crippen molar-refractivity contribution in [2.45, 2.75) is 27.3 Å². The Hall–Kier alpha value is -0.800. The van der Waals surface area contributed by atoms with E-state index in [1.54, 1.807) is 0 Å². The minimum Gasteiger partial charge on any atom is -0.380 e. The van der Waals surface area contributed by atoms with Crippen LogP contribution in [-0.4, -0.2) is 0 Å². The molecule has 0 aromatic heterocycles. The molecule has 0 aliphatic heterocycles. The first-order valence-corrected chi connectivity index (χ1v) is 7.81. The molecule has 0 atom stereocenters. The molecule has 3 heteroatoms. The molecule has 0 radical (unpaired) electrons. The minimum absolute atomic E-state index is 0.821. The molecule has 1 N–H and O–H groups in total. The molecule has 0 heterocycles. The Labute approximate surface area is 131 Å². The fraction of sp³-hybridized carbons (Fsp3) is 0.250. The maximum atomic E-state index is 3.63. The van der Waals surface area contributed by atoms with E-state index < -0.39 is 0 Å². The molecule has 100 valence electrons. The van der Waals surface area contributed by atoms with Crippen molar-refractivity contribution in [3.63, 3.8) is 0 Å². The van der Waals surface area contributed by atoms with Crippen molar-refractivity contribution in [3.8, 4) is 0 Å². The van der Waals surface area contributed by atoms with Crippen LogP contribution < -0.4 is 5.32 Å². The van der Waals surface area contributed by atoms with Crippen molar-refractivity contribution in [1.29, 1.82) is 0 Å². The fourth-order valence-electron chi connectivity index (χ4n) is 2.08. The van der Waals surface area contributed by atoms with Gasteiger partial charge < -0.3 is 5.32 Å². The first-order chi connectivity index (χ1) is 8.97. The summed E-state index contributed by atoms with van der Waals surface area (Å²) in [5, 5.41) is 3.50. The van der Waals surface area contributed by atoms with Crippen LogP contribution in [-0.2, 0) is 6.54 Å². The third-order valence-corrected chi connectivity index (χ3v) is 4.62. The molecule has 0 saturated heterocycles. The summed E-state index contributed by atoms with van der Waals surface area (Å²) in [5.74, 6) is 0. The van der Waals surface area contributed by atoms with E-state index in [-0.39, 0.29) is 0 Å². The number of rotatable bonds is 3. The molecule has 0 amide bonds. The van der Waals surface area contributed by atoms with Crippen LogP contribution in [0.15, 0.2) is 39.3 Å². The Morgan fingerprint density at radius 1 is 0.895 bits per heavy atom. The van der Waals surface area contributed by atoms with Crippen molar-refractivity contribution in [1.82, 2.24) is 0 Å². The summed E-state index contributed by atoms with van der Waals surface area (Å²) >= 11 is 7.20. The van der Waals surface area contributed by atoms with Crippen LogP contribution in [0.5, 0.6) is 0 Å². The second kappa shape index (κ2) is 6.10. The maximum Gasteiger partial charge on any atom is 0.0517 e. The normalized spacial score (nSPS) is 10.6. The average molecular weight is 383 g/mol. The van der Waals surface area contributed by atoms with E-state index in [2.05, 4.69) is 88.3 Å². The molecule has 19 heavy (non-hydrogen) atoms. The first kappa shape index (κ1) is 14.6. The smallest absolute Gasteiger partial charge is 0.0517 e. The molecule has 2 aromatic rings. The minimum atomic E-state index is 0.821. The summed E-state index contributed by atoms with van der Waals surface area (Å²) in [6.07, 6.45) is 0. The van der Waals surface area contributed by atoms with Crippen LogP contribution in [0.1, 0.15) is 22.3 Å². The predicted octanol–water partition coefficient (Wildman–Crippen LogP) is 5.75. The molecule has 1 nitrogen and oxygen atoms in total. The Kier molecular flexibility index (Phi) is 4.69. The SMILES string of the molecule is Cc1cc(C)c(NCc2ccc(C)c(Br)c2)c(Br)c1. The number of anilines is 1. The highest BCUT2D eigenvalue weighted by atomic mass is 79.9. The van der Waals surface area contributed by atoms with E-state index in [1.807, 2.05) is 0 Å². The molecule has 0 bridgehead atoms. The van der Waals surface area contributed by atoms with Crippen LogP contribution >= 0.6 is 31.9 Å². The molecule has 0 aliphatic rings. The highest BCUT2D eigenvalue weighted by Crippen LogP contribution is 2.28. The van der Waals surface area contributed by atoms with Gasteiger partial charge >= 0.3 is 0 Å². The molecule has 0 spiro atoms. The Morgan fingerprint density at radius 2 is 1.63 bits per heavy atom. The standard InChI is InChI=1S/C16H17Br2N/c1-10-6-12(3)16(15(18)7-10)19-9-13-5-4-11(2)14(17)8-13/h4-8,19H,9H2,1-3H3. The van der Waals surface area contributed by atoms with Crippen LogP contribution in [0.3, 0.4) is 0 Å². The van der Waals surface area contributed by atoms with Gasteiger partial charge in [-0.2, -0.15) is 0 Å². The average Bonchev–Trinajstić information content (AvgIpc) is 2.32. The van der Waals surface area contributed by atoms with Gasteiger partial charge in [-0.1, -0.05) is 34.1 Å². The number of halogens is 2. The number of aryl methyl sites for hydroxylation is 3. The molecule has 2 rings (SSSR count). The lowest BCUT2D eigenvalue weighted by molar-refractivity contribution is 1.12. The van der Waals surface area contributed by atoms with E-state index in [1.165, 1.54) is 27.9 Å². The second-order valence-corrected chi connectivity index (χ2v) is 6.58. The first-order valence-electron chi connectivity index (χ1n) is 6.23. The van der Waals surface area contributed by atoms with Gasteiger partial charge in [-0.3, -0.25) is 0 Å². The number of benzene rings is 2. The largest absolute Gasteiger partial charge is 0.380 e. The zero-order valence-electron chi connectivity index (χ0n) is 11.3. The molecule has 0 fully saturated rings. The zero-order valence-corrected chi connectivity index (χ0v) is 14.5. The van der Waals surface area contributed by atoms with Crippen LogP contribution in [0.25, 0.3) is 0 Å². The number of hydrogen-bond donors (Lipinski definition) is 1. The summed E-state index contributed by atoms with van der Waals surface area (Å²) in [7, 11) is 0. The Bertz CT molecular complexity index is 583. The molecule has 0 aliphatic carbocycles. The summed E-state index contributed by atoms with van der Waals surface area (Å²) < 4.78 is 2.28. The van der Waals surface area contributed by atoms with Gasteiger partial charge in [-0.25, -0.2) is 0 Å². The highest BCUT2D eigenvalue weighted by molar-refractivity contribution is 9.10. The van der Waals surface area contributed by atoms with Crippen molar-refractivity contribution in [3.05, 3.63) is 61.5 Å². The van der Waals surface area contributed by atoms with Gasteiger partial charge in [0.15, 0.2) is 0 Å². The van der Waals surface area contributed by atoms with Crippen molar-refractivity contribution >= 4 is 37.5 Å². The van der Waals surface area contributed by atoms with E-state index in [9.17, 15) is 0 Å². The highest BCUT2D eigenvalue weighted by Gasteiger charge is 2.05. The van der Waals surface area contributed by atoms with Crippen LogP contribution in [0.4, 0.5) is 5.69 Å². The van der Waals surface area contributed by atoms with Gasteiger partial charge in [-0.15, -0.1) is 0 Å². The molecule has 0 unspecified atom stereocenters. The van der Waals surface area contributed by atoms with Crippen molar-refractivity contribution < 1.29 is 0 Å². The molecule has 0 saturated carbocycles.